The molecule has 2 heterocycles. The first-order chi connectivity index (χ1) is 17.0. The van der Waals surface area contributed by atoms with Crippen molar-refractivity contribution in [3.8, 4) is 6.07 Å². The van der Waals surface area contributed by atoms with E-state index in [4.69, 9.17) is 4.74 Å². The molecule has 2 aliphatic carbocycles. The van der Waals surface area contributed by atoms with Crippen LogP contribution < -0.4 is 5.32 Å². The zero-order chi connectivity index (χ0) is 26.1. The molecule has 198 valence electrons. The van der Waals surface area contributed by atoms with Crippen LogP contribution in [0.2, 0.25) is 0 Å². The van der Waals surface area contributed by atoms with Gasteiger partial charge in [0.05, 0.1) is 6.07 Å². The van der Waals surface area contributed by atoms with E-state index >= 15 is 0 Å². The van der Waals surface area contributed by atoms with Gasteiger partial charge in [0, 0.05) is 25.4 Å². The number of Topliss-reactive ketones (excluding diaryl/α,β-unsaturated/α-hetero) is 1. The first-order valence-corrected chi connectivity index (χ1v) is 13.6. The number of hydrogen-bond donors (Lipinski definition) is 1. The summed E-state index contributed by atoms with van der Waals surface area (Å²) in [5.74, 6) is -0.152. The van der Waals surface area contributed by atoms with Crippen molar-refractivity contribution in [2.75, 3.05) is 13.1 Å². The van der Waals surface area contributed by atoms with Crippen LogP contribution in [-0.2, 0) is 19.1 Å². The van der Waals surface area contributed by atoms with E-state index in [1.807, 2.05) is 20.8 Å². The summed E-state index contributed by atoms with van der Waals surface area (Å²) in [6, 6.07) is 0.712. The zero-order valence-electron chi connectivity index (χ0n) is 21.9. The summed E-state index contributed by atoms with van der Waals surface area (Å²) in [5, 5.41) is 12.5. The van der Waals surface area contributed by atoms with E-state index in [2.05, 4.69) is 11.4 Å². The SMILES string of the molecule is CC(C)(C)OC(=O)N1CCCCC12CCN([C@@H](CC1CC1)C(=O)N[C@H](C#N)C[C@@H]1CCCC1=O)C2=O. The van der Waals surface area contributed by atoms with E-state index in [9.17, 15) is 24.4 Å². The molecule has 36 heavy (non-hydrogen) atoms. The van der Waals surface area contributed by atoms with Gasteiger partial charge < -0.3 is 15.0 Å². The summed E-state index contributed by atoms with van der Waals surface area (Å²) in [7, 11) is 0. The van der Waals surface area contributed by atoms with Crippen LogP contribution in [0.4, 0.5) is 4.79 Å². The maximum atomic E-state index is 14.0. The molecule has 0 aromatic rings. The van der Waals surface area contributed by atoms with Crippen molar-refractivity contribution in [3.63, 3.8) is 0 Å². The number of piperidine rings is 1. The molecule has 0 radical (unpaired) electrons. The summed E-state index contributed by atoms with van der Waals surface area (Å²) >= 11 is 0. The van der Waals surface area contributed by atoms with Gasteiger partial charge in [-0.2, -0.15) is 5.26 Å². The number of nitrogens with zero attached hydrogens (tertiary/aromatic N) is 3. The molecule has 0 bridgehead atoms. The Morgan fingerprint density at radius 1 is 1.11 bits per heavy atom. The first kappa shape index (κ1) is 26.4. The Bertz CT molecular complexity index is 933. The number of rotatable bonds is 7. The Morgan fingerprint density at radius 3 is 2.47 bits per heavy atom. The Balaban J connectivity index is 1.50. The highest BCUT2D eigenvalue weighted by molar-refractivity contribution is 5.96. The van der Waals surface area contributed by atoms with Crippen molar-refractivity contribution in [2.45, 2.75) is 115 Å². The zero-order valence-corrected chi connectivity index (χ0v) is 21.9. The van der Waals surface area contributed by atoms with Gasteiger partial charge in [-0.15, -0.1) is 0 Å². The van der Waals surface area contributed by atoms with Gasteiger partial charge in [-0.05, 0) is 78.1 Å². The molecule has 2 aliphatic heterocycles. The largest absolute Gasteiger partial charge is 0.444 e. The van der Waals surface area contributed by atoms with Gasteiger partial charge in [0.25, 0.3) is 0 Å². The number of carbonyl (C=O) groups is 4. The fraction of sp³-hybridized carbons (Fsp3) is 0.815. The maximum absolute atomic E-state index is 14.0. The quantitative estimate of drug-likeness (QED) is 0.573. The Morgan fingerprint density at radius 2 is 1.86 bits per heavy atom. The third-order valence-corrected chi connectivity index (χ3v) is 8.13. The fourth-order valence-corrected chi connectivity index (χ4v) is 6.06. The van der Waals surface area contributed by atoms with E-state index in [1.54, 1.807) is 9.80 Å². The van der Waals surface area contributed by atoms with Crippen LogP contribution >= 0.6 is 0 Å². The second kappa shape index (κ2) is 10.4. The van der Waals surface area contributed by atoms with Crippen LogP contribution in [0.15, 0.2) is 0 Å². The van der Waals surface area contributed by atoms with Gasteiger partial charge >= 0.3 is 6.09 Å². The molecule has 1 N–H and O–H groups in total. The van der Waals surface area contributed by atoms with Gasteiger partial charge in [-0.25, -0.2) is 4.79 Å². The Hall–Kier alpha value is -2.63. The topological polar surface area (TPSA) is 120 Å². The van der Waals surface area contributed by atoms with Crippen molar-refractivity contribution in [1.29, 1.82) is 5.26 Å². The summed E-state index contributed by atoms with van der Waals surface area (Å²) in [6.07, 6.45) is 7.26. The van der Waals surface area contributed by atoms with Crippen LogP contribution in [0.5, 0.6) is 0 Å². The molecule has 4 fully saturated rings. The van der Waals surface area contributed by atoms with Crippen LogP contribution in [0.25, 0.3) is 0 Å². The predicted octanol–water partition coefficient (Wildman–Crippen LogP) is 3.31. The molecule has 2 saturated carbocycles. The lowest BCUT2D eigenvalue weighted by molar-refractivity contribution is -0.146. The molecule has 2 saturated heterocycles. The third-order valence-electron chi connectivity index (χ3n) is 8.13. The van der Waals surface area contributed by atoms with E-state index in [1.165, 1.54) is 0 Å². The number of nitriles is 1. The van der Waals surface area contributed by atoms with Crippen molar-refractivity contribution >= 4 is 23.7 Å². The van der Waals surface area contributed by atoms with Crippen molar-refractivity contribution < 1.29 is 23.9 Å². The molecule has 4 atom stereocenters. The lowest BCUT2D eigenvalue weighted by Crippen LogP contribution is -2.61. The highest BCUT2D eigenvalue weighted by Crippen LogP contribution is 2.42. The summed E-state index contributed by atoms with van der Waals surface area (Å²) in [4.78, 5) is 55.9. The number of amides is 3. The fourth-order valence-electron chi connectivity index (χ4n) is 6.06. The van der Waals surface area contributed by atoms with Gasteiger partial charge in [0.1, 0.15) is 29.0 Å². The van der Waals surface area contributed by atoms with Crippen LogP contribution in [-0.4, -0.2) is 69.8 Å². The van der Waals surface area contributed by atoms with E-state index in [0.29, 0.717) is 51.1 Å². The van der Waals surface area contributed by atoms with Crippen molar-refractivity contribution in [3.05, 3.63) is 0 Å². The number of nitrogens with one attached hydrogen (secondary N) is 1. The molecule has 0 aromatic carbocycles. The lowest BCUT2D eigenvalue weighted by atomic mass is 9.85. The molecule has 1 spiro atoms. The van der Waals surface area contributed by atoms with Crippen molar-refractivity contribution in [2.24, 2.45) is 11.8 Å². The maximum Gasteiger partial charge on any atom is 0.411 e. The number of hydrogen-bond acceptors (Lipinski definition) is 6. The number of likely N-dealkylation sites (tertiary alicyclic amines) is 2. The highest BCUT2D eigenvalue weighted by atomic mass is 16.6. The summed E-state index contributed by atoms with van der Waals surface area (Å²) < 4.78 is 5.64. The molecular formula is C27H40N4O5. The molecule has 3 amide bonds. The second-order valence-electron chi connectivity index (χ2n) is 12.0. The molecular weight excluding hydrogens is 460 g/mol. The summed E-state index contributed by atoms with van der Waals surface area (Å²) in [6.45, 7) is 6.28. The smallest absolute Gasteiger partial charge is 0.411 e. The standard InChI is InChI=1S/C27H40N4O5/c1-26(2,3)36-25(35)31-13-5-4-11-27(31)12-14-30(24(27)34)21(15-18-9-10-18)23(33)29-20(17-28)16-19-7-6-8-22(19)32/h18-21H,4-16H2,1-3H3,(H,29,33)/t19-,20-,21-,27?/m0/s1. The minimum atomic E-state index is -0.979. The molecule has 1 unspecified atom stereocenters. The Labute approximate surface area is 213 Å². The number of ether oxygens (including phenoxy) is 1. The monoisotopic (exact) mass is 500 g/mol. The van der Waals surface area contributed by atoms with Gasteiger partial charge in [0.2, 0.25) is 11.8 Å². The summed E-state index contributed by atoms with van der Waals surface area (Å²) in [5.41, 5.74) is -1.65. The normalized spacial score (nSPS) is 28.2. The van der Waals surface area contributed by atoms with Crippen LogP contribution in [0.1, 0.15) is 91.4 Å². The van der Waals surface area contributed by atoms with E-state index < -0.39 is 29.3 Å². The molecule has 9 nitrogen and oxygen atoms in total. The molecule has 4 aliphatic rings. The van der Waals surface area contributed by atoms with Gasteiger partial charge in [-0.1, -0.05) is 12.8 Å². The van der Waals surface area contributed by atoms with Crippen molar-refractivity contribution in [1.82, 2.24) is 15.1 Å². The van der Waals surface area contributed by atoms with E-state index in [-0.39, 0.29) is 23.5 Å². The van der Waals surface area contributed by atoms with Gasteiger partial charge in [-0.3, -0.25) is 19.3 Å². The van der Waals surface area contributed by atoms with Crippen LogP contribution in [0, 0.1) is 23.2 Å². The average Bonchev–Trinajstić information content (AvgIpc) is 3.48. The Kier molecular flexibility index (Phi) is 7.63. The third kappa shape index (κ3) is 5.68. The minimum Gasteiger partial charge on any atom is -0.444 e. The van der Waals surface area contributed by atoms with Crippen LogP contribution in [0.3, 0.4) is 0 Å². The lowest BCUT2D eigenvalue weighted by Gasteiger charge is -2.43. The molecule has 4 rings (SSSR count). The first-order valence-electron chi connectivity index (χ1n) is 13.6. The number of ketones is 1. The second-order valence-corrected chi connectivity index (χ2v) is 12.0. The number of carbonyl (C=O) groups excluding carboxylic acids is 4. The predicted molar refractivity (Wildman–Crippen MR) is 131 cm³/mol. The van der Waals surface area contributed by atoms with Gasteiger partial charge in [0.15, 0.2) is 0 Å². The average molecular weight is 501 g/mol. The van der Waals surface area contributed by atoms with E-state index in [0.717, 1.165) is 38.5 Å². The molecule has 9 heteroatoms. The molecule has 0 aromatic heterocycles. The minimum absolute atomic E-state index is 0.162. The highest BCUT2D eigenvalue weighted by Gasteiger charge is 2.56.